The molecule has 3 aromatic rings. The van der Waals surface area contributed by atoms with E-state index in [0.29, 0.717) is 45.0 Å². The largest absolute Gasteiger partial charge is 0.379 e. The Hall–Kier alpha value is -3.08. The molecule has 0 saturated carbocycles. The first-order chi connectivity index (χ1) is 15.5. The molecule has 9 nitrogen and oxygen atoms in total. The van der Waals surface area contributed by atoms with Gasteiger partial charge in [-0.05, 0) is 24.3 Å². The summed E-state index contributed by atoms with van der Waals surface area (Å²) in [4.78, 5) is 14.7. The second-order valence-electron chi connectivity index (χ2n) is 7.85. The molecule has 3 heterocycles. The SMILES string of the molecule is O=C(c1ccc(S(=O)(=O)N2CCOCC2)cc1)N1CC(n2cc(-c3ccccc3)nn2)C1. The van der Waals surface area contributed by atoms with Crippen molar-refractivity contribution < 1.29 is 17.9 Å². The number of rotatable bonds is 5. The quantitative estimate of drug-likeness (QED) is 0.583. The monoisotopic (exact) mass is 453 g/mol. The van der Waals surface area contributed by atoms with Crippen LogP contribution in [0.2, 0.25) is 0 Å². The highest BCUT2D eigenvalue weighted by Gasteiger charge is 2.34. The Kier molecular flexibility index (Phi) is 5.50. The second-order valence-corrected chi connectivity index (χ2v) is 9.79. The van der Waals surface area contributed by atoms with Crippen molar-refractivity contribution in [1.29, 1.82) is 0 Å². The van der Waals surface area contributed by atoms with Crippen LogP contribution in [0.4, 0.5) is 0 Å². The van der Waals surface area contributed by atoms with Crippen molar-refractivity contribution in [2.24, 2.45) is 0 Å². The molecule has 0 bridgehead atoms. The summed E-state index contributed by atoms with van der Waals surface area (Å²) in [5.74, 6) is -0.125. The molecule has 10 heteroatoms. The smallest absolute Gasteiger partial charge is 0.254 e. The molecule has 2 aromatic carbocycles. The molecule has 1 aromatic heterocycles. The average Bonchev–Trinajstić information content (AvgIpc) is 3.29. The van der Waals surface area contributed by atoms with Gasteiger partial charge in [0.2, 0.25) is 10.0 Å². The predicted molar refractivity (Wildman–Crippen MR) is 116 cm³/mol. The molecule has 2 saturated heterocycles. The second kappa shape index (κ2) is 8.45. The van der Waals surface area contributed by atoms with Gasteiger partial charge in [0.1, 0.15) is 5.69 Å². The van der Waals surface area contributed by atoms with Crippen molar-refractivity contribution in [3.05, 3.63) is 66.4 Å². The molecule has 5 rings (SSSR count). The van der Waals surface area contributed by atoms with E-state index in [4.69, 9.17) is 4.74 Å². The van der Waals surface area contributed by atoms with Crippen molar-refractivity contribution in [3.8, 4) is 11.3 Å². The molecule has 0 unspecified atom stereocenters. The molecule has 0 aliphatic carbocycles. The lowest BCUT2D eigenvalue weighted by Crippen LogP contribution is -2.50. The topological polar surface area (TPSA) is 97.6 Å². The minimum Gasteiger partial charge on any atom is -0.379 e. The lowest BCUT2D eigenvalue weighted by Gasteiger charge is -2.38. The third kappa shape index (κ3) is 3.92. The summed E-state index contributed by atoms with van der Waals surface area (Å²) in [6, 6.07) is 16.0. The van der Waals surface area contributed by atoms with Gasteiger partial charge in [-0.2, -0.15) is 4.31 Å². The summed E-state index contributed by atoms with van der Waals surface area (Å²) in [7, 11) is -3.57. The zero-order valence-corrected chi connectivity index (χ0v) is 18.2. The fourth-order valence-corrected chi connectivity index (χ4v) is 5.28. The van der Waals surface area contributed by atoms with Gasteiger partial charge in [-0.15, -0.1) is 5.10 Å². The van der Waals surface area contributed by atoms with Crippen molar-refractivity contribution in [2.45, 2.75) is 10.9 Å². The van der Waals surface area contributed by atoms with Crippen LogP contribution in [0, 0.1) is 0 Å². The van der Waals surface area contributed by atoms with E-state index in [-0.39, 0.29) is 16.8 Å². The van der Waals surface area contributed by atoms with E-state index in [1.54, 1.807) is 21.7 Å². The fourth-order valence-electron chi connectivity index (χ4n) is 3.87. The Balaban J connectivity index is 1.21. The fraction of sp³-hybridized carbons (Fsp3) is 0.318. The molecular weight excluding hydrogens is 430 g/mol. The zero-order chi connectivity index (χ0) is 22.1. The molecule has 2 aliphatic rings. The molecule has 0 atom stereocenters. The van der Waals surface area contributed by atoms with E-state index in [9.17, 15) is 13.2 Å². The van der Waals surface area contributed by atoms with Gasteiger partial charge >= 0.3 is 0 Å². The van der Waals surface area contributed by atoms with E-state index < -0.39 is 10.0 Å². The van der Waals surface area contributed by atoms with Gasteiger partial charge in [0, 0.05) is 37.3 Å². The predicted octanol–water partition coefficient (Wildman–Crippen LogP) is 1.66. The van der Waals surface area contributed by atoms with Crippen LogP contribution in [0.3, 0.4) is 0 Å². The summed E-state index contributed by atoms with van der Waals surface area (Å²) in [5.41, 5.74) is 2.26. The third-order valence-corrected chi connectivity index (χ3v) is 7.73. The van der Waals surface area contributed by atoms with E-state index in [1.165, 1.54) is 16.4 Å². The van der Waals surface area contributed by atoms with Gasteiger partial charge in [0.15, 0.2) is 0 Å². The summed E-state index contributed by atoms with van der Waals surface area (Å²) in [6.45, 7) is 2.53. The molecule has 0 radical (unpaired) electrons. The van der Waals surface area contributed by atoms with E-state index in [2.05, 4.69) is 10.3 Å². The van der Waals surface area contributed by atoms with E-state index in [0.717, 1.165) is 11.3 Å². The van der Waals surface area contributed by atoms with Crippen LogP contribution in [0.25, 0.3) is 11.3 Å². The highest BCUT2D eigenvalue weighted by molar-refractivity contribution is 7.89. The lowest BCUT2D eigenvalue weighted by molar-refractivity contribution is 0.0498. The molecular formula is C22H23N5O4S. The van der Waals surface area contributed by atoms with Crippen LogP contribution in [-0.4, -0.2) is 77.9 Å². The minimum atomic E-state index is -3.57. The van der Waals surface area contributed by atoms with Crippen molar-refractivity contribution in [1.82, 2.24) is 24.2 Å². The van der Waals surface area contributed by atoms with Crippen molar-refractivity contribution >= 4 is 15.9 Å². The summed E-state index contributed by atoms with van der Waals surface area (Å²) < 4.78 is 33.9. The van der Waals surface area contributed by atoms with Crippen LogP contribution < -0.4 is 0 Å². The van der Waals surface area contributed by atoms with Crippen LogP contribution in [-0.2, 0) is 14.8 Å². The van der Waals surface area contributed by atoms with Crippen LogP contribution in [0.1, 0.15) is 16.4 Å². The Morgan fingerprint density at radius 1 is 0.969 bits per heavy atom. The maximum Gasteiger partial charge on any atom is 0.254 e. The maximum atomic E-state index is 12.8. The Bertz CT molecular complexity index is 1200. The van der Waals surface area contributed by atoms with Crippen LogP contribution in [0.15, 0.2) is 65.7 Å². The van der Waals surface area contributed by atoms with Gasteiger partial charge in [-0.25, -0.2) is 13.1 Å². The van der Waals surface area contributed by atoms with Crippen molar-refractivity contribution in [3.63, 3.8) is 0 Å². The molecule has 1 amide bonds. The van der Waals surface area contributed by atoms with Gasteiger partial charge in [0.05, 0.1) is 30.3 Å². The third-order valence-electron chi connectivity index (χ3n) is 5.81. The summed E-state index contributed by atoms with van der Waals surface area (Å²) in [6.07, 6.45) is 1.90. The highest BCUT2D eigenvalue weighted by atomic mass is 32.2. The lowest BCUT2D eigenvalue weighted by atomic mass is 10.1. The molecule has 2 fully saturated rings. The number of nitrogens with zero attached hydrogens (tertiary/aromatic N) is 5. The normalized spacial score (nSPS) is 17.8. The first kappa shape index (κ1) is 20.8. The number of carbonyl (C=O) groups excluding carboxylic acids is 1. The molecule has 0 spiro atoms. The first-order valence-electron chi connectivity index (χ1n) is 10.5. The Labute approximate surface area is 186 Å². The van der Waals surface area contributed by atoms with Gasteiger partial charge < -0.3 is 9.64 Å². The number of hydrogen-bond donors (Lipinski definition) is 0. The number of carbonyl (C=O) groups is 1. The number of sulfonamides is 1. The first-order valence-corrected chi connectivity index (χ1v) is 11.9. The summed E-state index contributed by atoms with van der Waals surface area (Å²) in [5, 5.41) is 8.44. The Morgan fingerprint density at radius 3 is 2.34 bits per heavy atom. The minimum absolute atomic E-state index is 0.0740. The average molecular weight is 454 g/mol. The molecule has 166 valence electrons. The number of amides is 1. The highest BCUT2D eigenvalue weighted by Crippen LogP contribution is 2.25. The molecule has 2 aliphatic heterocycles. The van der Waals surface area contributed by atoms with Gasteiger partial charge in [0.25, 0.3) is 5.91 Å². The standard InChI is InChI=1S/C22H23N5O4S/c28-22(18-6-8-20(9-7-18)32(29,30)26-10-12-31-13-11-26)25-14-19(15-25)27-16-21(23-24-27)17-4-2-1-3-5-17/h1-9,16,19H,10-15H2. The van der Waals surface area contributed by atoms with Gasteiger partial charge in [-0.3, -0.25) is 4.79 Å². The number of benzene rings is 2. The molecule has 32 heavy (non-hydrogen) atoms. The summed E-state index contributed by atoms with van der Waals surface area (Å²) >= 11 is 0. The number of morpholine rings is 1. The molecule has 0 N–H and O–H groups in total. The van der Waals surface area contributed by atoms with Crippen molar-refractivity contribution in [2.75, 3.05) is 39.4 Å². The van der Waals surface area contributed by atoms with E-state index >= 15 is 0 Å². The van der Waals surface area contributed by atoms with E-state index in [1.807, 2.05) is 36.5 Å². The zero-order valence-electron chi connectivity index (χ0n) is 17.4. The Morgan fingerprint density at radius 2 is 1.66 bits per heavy atom. The van der Waals surface area contributed by atoms with Crippen LogP contribution in [0.5, 0.6) is 0 Å². The number of likely N-dealkylation sites (tertiary alicyclic amines) is 1. The maximum absolute atomic E-state index is 12.8. The number of hydrogen-bond acceptors (Lipinski definition) is 6. The number of ether oxygens (including phenoxy) is 1. The van der Waals surface area contributed by atoms with Crippen LogP contribution >= 0.6 is 0 Å². The number of aromatic nitrogens is 3. The van der Waals surface area contributed by atoms with Gasteiger partial charge in [-0.1, -0.05) is 35.5 Å².